The van der Waals surface area contributed by atoms with Gasteiger partial charge in [-0.25, -0.2) is 9.13 Å². The van der Waals surface area contributed by atoms with Gasteiger partial charge in [0.15, 0.2) is 12.2 Å². The van der Waals surface area contributed by atoms with Gasteiger partial charge in [-0.2, -0.15) is 0 Å². The van der Waals surface area contributed by atoms with E-state index in [0.29, 0.717) is 31.6 Å². The molecule has 19 heteroatoms. The fourth-order valence-corrected chi connectivity index (χ4v) is 12.8. The third kappa shape index (κ3) is 68.4. The molecule has 0 rings (SSSR count). The van der Waals surface area contributed by atoms with Crippen molar-refractivity contribution in [2.45, 2.75) is 388 Å². The van der Waals surface area contributed by atoms with Gasteiger partial charge in [-0.15, -0.1) is 0 Å². The lowest BCUT2D eigenvalue weighted by Crippen LogP contribution is -2.30. The van der Waals surface area contributed by atoms with Crippen molar-refractivity contribution in [2.24, 2.45) is 23.7 Å². The van der Waals surface area contributed by atoms with Crippen LogP contribution >= 0.6 is 15.6 Å². The Balaban J connectivity index is 5.20. The van der Waals surface area contributed by atoms with E-state index in [1.54, 1.807) is 0 Å². The van der Waals surface area contributed by atoms with Crippen LogP contribution in [0.15, 0.2) is 0 Å². The summed E-state index contributed by atoms with van der Waals surface area (Å²) >= 11 is 0. The zero-order chi connectivity index (χ0) is 68.9. The minimum Gasteiger partial charge on any atom is -0.462 e. The van der Waals surface area contributed by atoms with E-state index in [0.717, 1.165) is 114 Å². The fourth-order valence-electron chi connectivity index (χ4n) is 11.2. The van der Waals surface area contributed by atoms with Gasteiger partial charge in [0, 0.05) is 25.7 Å². The van der Waals surface area contributed by atoms with Gasteiger partial charge >= 0.3 is 39.5 Å². The van der Waals surface area contributed by atoms with Gasteiger partial charge in [0.2, 0.25) is 0 Å². The lowest BCUT2D eigenvalue weighted by molar-refractivity contribution is -0.161. The van der Waals surface area contributed by atoms with Crippen LogP contribution in [0.3, 0.4) is 0 Å². The molecule has 0 saturated heterocycles. The molecule has 0 spiro atoms. The summed E-state index contributed by atoms with van der Waals surface area (Å²) in [5.41, 5.74) is 0. The predicted octanol–water partition coefficient (Wildman–Crippen LogP) is 21.3. The second-order valence-corrected chi connectivity index (χ2v) is 31.5. The van der Waals surface area contributed by atoms with E-state index in [1.807, 2.05) is 0 Å². The van der Waals surface area contributed by atoms with Gasteiger partial charge in [-0.3, -0.25) is 37.3 Å². The molecule has 552 valence electrons. The highest BCUT2D eigenvalue weighted by Gasteiger charge is 2.30. The van der Waals surface area contributed by atoms with E-state index in [-0.39, 0.29) is 25.7 Å². The molecule has 0 fully saturated rings. The highest BCUT2D eigenvalue weighted by Crippen LogP contribution is 2.45. The first-order valence-electron chi connectivity index (χ1n) is 38.2. The number of carbonyl (C=O) groups excluding carboxylic acids is 4. The summed E-state index contributed by atoms with van der Waals surface area (Å²) in [6.07, 6.45) is 47.4. The molecule has 93 heavy (non-hydrogen) atoms. The zero-order valence-electron chi connectivity index (χ0n) is 60.9. The lowest BCUT2D eigenvalue weighted by atomic mass is 10.0. The number of esters is 4. The molecule has 0 saturated carbocycles. The largest absolute Gasteiger partial charge is 0.472 e. The molecule has 0 aliphatic rings. The Morgan fingerprint density at radius 2 is 0.452 bits per heavy atom. The maximum atomic E-state index is 13.1. The van der Waals surface area contributed by atoms with E-state index in [1.165, 1.54) is 167 Å². The first-order valence-corrected chi connectivity index (χ1v) is 41.2. The Hall–Kier alpha value is -1.94. The third-order valence-electron chi connectivity index (χ3n) is 17.1. The number of carbonyl (C=O) groups is 4. The van der Waals surface area contributed by atoms with Crippen LogP contribution in [0.2, 0.25) is 0 Å². The fraction of sp³-hybridized carbons (Fsp3) is 0.946. The molecule has 0 radical (unpaired) electrons. The van der Waals surface area contributed by atoms with Crippen molar-refractivity contribution in [1.29, 1.82) is 0 Å². The number of rotatable bonds is 71. The van der Waals surface area contributed by atoms with Crippen molar-refractivity contribution in [2.75, 3.05) is 39.6 Å². The molecule has 5 atom stereocenters. The van der Waals surface area contributed by atoms with Crippen LogP contribution in [0, 0.1) is 23.7 Å². The Labute approximate surface area is 568 Å². The van der Waals surface area contributed by atoms with Crippen molar-refractivity contribution >= 4 is 39.5 Å². The smallest absolute Gasteiger partial charge is 0.462 e. The summed E-state index contributed by atoms with van der Waals surface area (Å²) in [6, 6.07) is 0. The van der Waals surface area contributed by atoms with Crippen molar-refractivity contribution in [3.8, 4) is 0 Å². The average Bonchev–Trinajstić information content (AvgIpc) is 1.96. The molecular weight excluding hydrogens is 1220 g/mol. The summed E-state index contributed by atoms with van der Waals surface area (Å²) in [6.45, 7) is 14.1. The molecule has 0 heterocycles. The minimum atomic E-state index is -4.96. The van der Waals surface area contributed by atoms with Crippen LogP contribution in [0.25, 0.3) is 0 Å². The molecule has 17 nitrogen and oxygen atoms in total. The Morgan fingerprint density at radius 3 is 0.667 bits per heavy atom. The number of phosphoric acid groups is 2. The molecular formula is C74H144O17P2. The van der Waals surface area contributed by atoms with Crippen molar-refractivity contribution in [3.63, 3.8) is 0 Å². The van der Waals surface area contributed by atoms with Crippen molar-refractivity contribution < 1.29 is 80.2 Å². The molecule has 0 bridgehead atoms. The standard InChI is InChI=1S/C74H144O17P2/c1-64(2)50-42-34-26-20-15-13-11-9-10-12-14-16-23-29-38-46-54-71(76)84-60-69(90-73(78)56-48-40-30-24-18-17-21-27-35-43-51-65(3)4)62-88-92(80,81)86-58-68(75)59-87-93(82,83)89-63-70(61-85-72(77)55-47-39-33-32-37-45-53-67(7)8)91-74(79)57-49-41-31-25-19-22-28-36-44-52-66(5)6/h64-70,75H,9-63H2,1-8H3,(H,80,81)(H,82,83)/t68-,69-,70-/m1/s1. The number of aliphatic hydroxyl groups is 1. The van der Waals surface area contributed by atoms with E-state index in [2.05, 4.69) is 55.4 Å². The second kappa shape index (κ2) is 63.5. The van der Waals surface area contributed by atoms with Crippen LogP contribution in [0.1, 0.15) is 370 Å². The van der Waals surface area contributed by atoms with E-state index in [4.69, 9.17) is 37.0 Å². The van der Waals surface area contributed by atoms with Gasteiger partial charge in [-0.05, 0) is 49.4 Å². The van der Waals surface area contributed by atoms with E-state index >= 15 is 0 Å². The molecule has 0 aliphatic heterocycles. The molecule has 0 aromatic rings. The average molecular weight is 1370 g/mol. The summed E-state index contributed by atoms with van der Waals surface area (Å²) in [7, 11) is -9.91. The zero-order valence-corrected chi connectivity index (χ0v) is 62.7. The topological polar surface area (TPSA) is 237 Å². The predicted molar refractivity (Wildman–Crippen MR) is 377 cm³/mol. The summed E-state index contributed by atoms with van der Waals surface area (Å²) in [5, 5.41) is 10.6. The number of phosphoric ester groups is 2. The maximum absolute atomic E-state index is 13.1. The highest BCUT2D eigenvalue weighted by molar-refractivity contribution is 7.47. The van der Waals surface area contributed by atoms with Crippen LogP contribution in [-0.2, 0) is 65.4 Å². The SMILES string of the molecule is CC(C)CCCCCCCCCCCCCCCCCCC(=O)OC[C@H](COP(=O)(O)OC[C@@H](O)COP(=O)(O)OC[C@@H](COC(=O)CCCCCCCCC(C)C)OC(=O)CCCCCCCCCCCC(C)C)OC(=O)CCCCCCCCCCCCC(C)C. The Morgan fingerprint density at radius 1 is 0.269 bits per heavy atom. The van der Waals surface area contributed by atoms with Gasteiger partial charge in [0.25, 0.3) is 0 Å². The van der Waals surface area contributed by atoms with Gasteiger partial charge in [0.05, 0.1) is 26.4 Å². The van der Waals surface area contributed by atoms with Crippen LogP contribution in [-0.4, -0.2) is 96.7 Å². The van der Waals surface area contributed by atoms with Gasteiger partial charge in [-0.1, -0.05) is 319 Å². The van der Waals surface area contributed by atoms with E-state index in [9.17, 15) is 43.2 Å². The lowest BCUT2D eigenvalue weighted by Gasteiger charge is -2.21. The molecule has 0 amide bonds. The Bertz CT molecular complexity index is 1830. The second-order valence-electron chi connectivity index (χ2n) is 28.6. The summed E-state index contributed by atoms with van der Waals surface area (Å²) in [4.78, 5) is 72.7. The highest BCUT2D eigenvalue weighted by atomic mass is 31.2. The quantitative estimate of drug-likeness (QED) is 0.0222. The molecule has 3 N–H and O–H groups in total. The number of aliphatic hydroxyl groups excluding tert-OH is 1. The minimum absolute atomic E-state index is 0.104. The molecule has 0 aromatic carbocycles. The number of hydrogen-bond donors (Lipinski definition) is 3. The van der Waals surface area contributed by atoms with Crippen molar-refractivity contribution in [3.05, 3.63) is 0 Å². The number of unbranched alkanes of at least 4 members (excludes halogenated alkanes) is 37. The summed E-state index contributed by atoms with van der Waals surface area (Å²) in [5.74, 6) is 0.854. The van der Waals surface area contributed by atoms with Crippen LogP contribution in [0.5, 0.6) is 0 Å². The number of ether oxygens (including phenoxy) is 4. The van der Waals surface area contributed by atoms with Crippen LogP contribution < -0.4 is 0 Å². The first kappa shape index (κ1) is 91.1. The van der Waals surface area contributed by atoms with Crippen molar-refractivity contribution in [1.82, 2.24) is 0 Å². The first-order chi connectivity index (χ1) is 44.6. The molecule has 0 aliphatic carbocycles. The normalized spacial score (nSPS) is 14.2. The maximum Gasteiger partial charge on any atom is 0.472 e. The van der Waals surface area contributed by atoms with Crippen LogP contribution in [0.4, 0.5) is 0 Å². The Kier molecular flexibility index (Phi) is 62.2. The molecule has 2 unspecified atom stereocenters. The number of hydrogen-bond acceptors (Lipinski definition) is 15. The molecule has 0 aromatic heterocycles. The van der Waals surface area contributed by atoms with Gasteiger partial charge in [0.1, 0.15) is 19.3 Å². The monoisotopic (exact) mass is 1370 g/mol. The third-order valence-corrected chi connectivity index (χ3v) is 19.0. The summed E-state index contributed by atoms with van der Waals surface area (Å²) < 4.78 is 68.4. The van der Waals surface area contributed by atoms with E-state index < -0.39 is 97.5 Å². The van der Waals surface area contributed by atoms with Gasteiger partial charge < -0.3 is 33.8 Å².